The summed E-state index contributed by atoms with van der Waals surface area (Å²) in [5.41, 5.74) is 0.983. The quantitative estimate of drug-likeness (QED) is 0.391. The van der Waals surface area contributed by atoms with E-state index >= 15 is 0 Å². The number of hydrogen-bond donors (Lipinski definition) is 1. The summed E-state index contributed by atoms with van der Waals surface area (Å²) < 4.78 is 0. The molecule has 1 aromatic rings. The Morgan fingerprint density at radius 3 is 2.95 bits per heavy atom. The molecule has 1 N–H and O–H groups in total. The van der Waals surface area contributed by atoms with Crippen molar-refractivity contribution in [3.63, 3.8) is 0 Å². The lowest BCUT2D eigenvalue weighted by atomic mass is 10.2. The smallest absolute Gasteiger partial charge is 0.324 e. The molecule has 1 aromatic heterocycles. The molecule has 0 aliphatic carbocycles. The molecule has 8 heteroatoms. The van der Waals surface area contributed by atoms with E-state index in [9.17, 15) is 14.9 Å². The number of carbonyl (C=O) groups is 1. The van der Waals surface area contributed by atoms with E-state index in [-0.39, 0.29) is 10.9 Å². The molecule has 2 heterocycles. The highest BCUT2D eigenvalue weighted by atomic mass is 32.1. The lowest BCUT2D eigenvalue weighted by Crippen LogP contribution is -2.31. The Morgan fingerprint density at radius 2 is 2.35 bits per heavy atom. The molecule has 20 heavy (non-hydrogen) atoms. The Morgan fingerprint density at radius 1 is 1.60 bits per heavy atom. The van der Waals surface area contributed by atoms with Crippen LogP contribution in [-0.2, 0) is 4.79 Å². The molecule has 2 rings (SSSR count). The van der Waals surface area contributed by atoms with E-state index in [0.717, 1.165) is 24.2 Å². The van der Waals surface area contributed by atoms with Crippen molar-refractivity contribution in [2.24, 2.45) is 0 Å². The molecule has 6 nitrogen and oxygen atoms in total. The maximum Gasteiger partial charge on any atom is 0.324 e. The van der Waals surface area contributed by atoms with Gasteiger partial charge in [0.15, 0.2) is 5.11 Å². The van der Waals surface area contributed by atoms with Crippen LogP contribution in [0.25, 0.3) is 6.08 Å². The largest absolute Gasteiger partial charge is 0.328 e. The Kier molecular flexibility index (Phi) is 4.46. The number of hydrogen-bond acceptors (Lipinski definition) is 5. The van der Waals surface area contributed by atoms with E-state index in [1.165, 1.54) is 11.0 Å². The minimum Gasteiger partial charge on any atom is -0.328 e. The predicted molar refractivity (Wildman–Crippen MR) is 81.3 cm³/mol. The first kappa shape index (κ1) is 14.6. The summed E-state index contributed by atoms with van der Waals surface area (Å²) in [7, 11) is 0. The average Bonchev–Trinajstić information content (AvgIpc) is 2.95. The highest BCUT2D eigenvalue weighted by molar-refractivity contribution is 7.80. The van der Waals surface area contributed by atoms with Crippen molar-refractivity contribution in [3.05, 3.63) is 32.8 Å². The van der Waals surface area contributed by atoms with Gasteiger partial charge in [-0.05, 0) is 30.3 Å². The first-order valence-corrected chi connectivity index (χ1v) is 7.39. The second-order valence-corrected chi connectivity index (χ2v) is 5.55. The van der Waals surface area contributed by atoms with Crippen LogP contribution in [0.1, 0.15) is 25.3 Å². The van der Waals surface area contributed by atoms with E-state index in [0.29, 0.717) is 22.9 Å². The van der Waals surface area contributed by atoms with E-state index in [4.69, 9.17) is 12.2 Å². The number of nitro groups is 1. The van der Waals surface area contributed by atoms with Crippen LogP contribution >= 0.6 is 23.6 Å². The number of amides is 1. The van der Waals surface area contributed by atoms with E-state index in [1.54, 1.807) is 11.5 Å². The lowest BCUT2D eigenvalue weighted by Gasteiger charge is -2.12. The fraction of sp³-hybridized carbons (Fsp3) is 0.333. The number of thiocarbonyl (C=S) groups is 1. The standard InChI is InChI=1S/C12H13N3O3S2/c1-2-3-4-14-11(16)9(13-12(14)19)5-8-6-10(15(17)18)20-7-8/h5-7H,2-4H2,1H3,(H,13,19)/b9-5+. The van der Waals surface area contributed by atoms with Gasteiger partial charge in [0, 0.05) is 18.0 Å². The SMILES string of the molecule is CCCCN1C(=O)/C(=C\c2csc([N+](=O)[O-])c2)NC1=S. The van der Waals surface area contributed by atoms with Gasteiger partial charge in [-0.3, -0.25) is 19.8 Å². The van der Waals surface area contributed by atoms with Gasteiger partial charge in [0.2, 0.25) is 0 Å². The molecule has 0 saturated carbocycles. The van der Waals surface area contributed by atoms with Crippen molar-refractivity contribution in [2.45, 2.75) is 19.8 Å². The second-order valence-electron chi connectivity index (χ2n) is 4.27. The molecule has 106 valence electrons. The van der Waals surface area contributed by atoms with Gasteiger partial charge < -0.3 is 5.32 Å². The van der Waals surface area contributed by atoms with Crippen LogP contribution in [0.3, 0.4) is 0 Å². The third kappa shape index (κ3) is 3.02. The van der Waals surface area contributed by atoms with Crippen molar-refractivity contribution < 1.29 is 9.72 Å². The maximum absolute atomic E-state index is 12.1. The van der Waals surface area contributed by atoms with Crippen LogP contribution in [-0.4, -0.2) is 27.4 Å². The summed E-state index contributed by atoms with van der Waals surface area (Å²) in [5.74, 6) is -0.183. The van der Waals surface area contributed by atoms with Crippen molar-refractivity contribution in [1.82, 2.24) is 10.2 Å². The lowest BCUT2D eigenvalue weighted by molar-refractivity contribution is -0.380. The van der Waals surface area contributed by atoms with Crippen molar-refractivity contribution >= 4 is 45.7 Å². The molecule has 1 fully saturated rings. The van der Waals surface area contributed by atoms with E-state index in [1.807, 2.05) is 6.92 Å². The average molecular weight is 311 g/mol. The zero-order chi connectivity index (χ0) is 14.7. The van der Waals surface area contributed by atoms with Crippen LogP contribution < -0.4 is 5.32 Å². The summed E-state index contributed by atoms with van der Waals surface area (Å²) >= 11 is 6.15. The summed E-state index contributed by atoms with van der Waals surface area (Å²) in [6.45, 7) is 2.63. The number of nitrogens with one attached hydrogen (secondary N) is 1. The van der Waals surface area contributed by atoms with Gasteiger partial charge in [-0.25, -0.2) is 0 Å². The Bertz CT molecular complexity index is 595. The molecule has 1 amide bonds. The van der Waals surface area contributed by atoms with Gasteiger partial charge in [-0.2, -0.15) is 0 Å². The van der Waals surface area contributed by atoms with E-state index in [2.05, 4.69) is 5.32 Å². The maximum atomic E-state index is 12.1. The molecule has 0 spiro atoms. The number of carbonyl (C=O) groups excluding carboxylic acids is 1. The van der Waals surface area contributed by atoms with E-state index < -0.39 is 4.92 Å². The predicted octanol–water partition coefficient (Wildman–Crippen LogP) is 2.51. The Balaban J connectivity index is 2.16. The van der Waals surface area contributed by atoms with Crippen LogP contribution in [0.15, 0.2) is 17.1 Å². The van der Waals surface area contributed by atoms with Crippen LogP contribution in [0.5, 0.6) is 0 Å². The Labute approximate surface area is 125 Å². The molecular formula is C12H13N3O3S2. The highest BCUT2D eigenvalue weighted by Crippen LogP contribution is 2.25. The number of rotatable bonds is 5. The minimum atomic E-state index is -0.450. The molecule has 0 aromatic carbocycles. The van der Waals surface area contributed by atoms with Crippen LogP contribution in [0.4, 0.5) is 5.00 Å². The summed E-state index contributed by atoms with van der Waals surface area (Å²) in [6.07, 6.45) is 3.44. The summed E-state index contributed by atoms with van der Waals surface area (Å²) in [6, 6.07) is 1.43. The molecule has 1 aliphatic rings. The fourth-order valence-corrected chi connectivity index (χ4v) is 2.74. The van der Waals surface area contributed by atoms with Gasteiger partial charge >= 0.3 is 5.00 Å². The van der Waals surface area contributed by atoms with Crippen molar-refractivity contribution in [3.8, 4) is 0 Å². The highest BCUT2D eigenvalue weighted by Gasteiger charge is 2.30. The number of unbranched alkanes of at least 4 members (excludes halogenated alkanes) is 1. The molecule has 1 aliphatic heterocycles. The zero-order valence-corrected chi connectivity index (χ0v) is 12.4. The molecular weight excluding hydrogens is 298 g/mol. The number of thiophene rings is 1. The van der Waals surface area contributed by atoms with Crippen molar-refractivity contribution in [1.29, 1.82) is 0 Å². The molecule has 0 unspecified atom stereocenters. The third-order valence-corrected chi connectivity index (χ3v) is 4.02. The van der Waals surface area contributed by atoms with Crippen molar-refractivity contribution in [2.75, 3.05) is 6.54 Å². The van der Waals surface area contributed by atoms with Gasteiger partial charge in [0.1, 0.15) is 5.70 Å². The number of nitrogens with zero attached hydrogens (tertiary/aromatic N) is 2. The van der Waals surface area contributed by atoms with Gasteiger partial charge in [-0.15, -0.1) is 0 Å². The van der Waals surface area contributed by atoms with Gasteiger partial charge in [-0.1, -0.05) is 24.7 Å². The minimum absolute atomic E-state index is 0.0488. The van der Waals surface area contributed by atoms with Crippen LogP contribution in [0, 0.1) is 10.1 Å². The summed E-state index contributed by atoms with van der Waals surface area (Å²) in [5, 5.41) is 15.5. The fourth-order valence-electron chi connectivity index (χ4n) is 1.77. The first-order valence-electron chi connectivity index (χ1n) is 6.10. The van der Waals surface area contributed by atoms with Crippen LogP contribution in [0.2, 0.25) is 0 Å². The monoisotopic (exact) mass is 311 g/mol. The van der Waals surface area contributed by atoms with Gasteiger partial charge in [0.25, 0.3) is 5.91 Å². The topological polar surface area (TPSA) is 75.5 Å². The molecule has 1 saturated heterocycles. The second kappa shape index (κ2) is 6.10. The third-order valence-electron chi connectivity index (χ3n) is 2.79. The molecule has 0 atom stereocenters. The normalized spacial score (nSPS) is 16.9. The van der Waals surface area contributed by atoms with Gasteiger partial charge in [0.05, 0.1) is 4.92 Å². The first-order chi connectivity index (χ1) is 9.52. The summed E-state index contributed by atoms with van der Waals surface area (Å²) in [4.78, 5) is 23.8. The molecule has 0 bridgehead atoms. The zero-order valence-electron chi connectivity index (χ0n) is 10.8. The molecule has 0 radical (unpaired) electrons. The Hall–Kier alpha value is -1.80.